The number of aliphatic hydroxyl groups is 1. The molecule has 0 spiro atoms. The fourth-order valence-corrected chi connectivity index (χ4v) is 3.17. The lowest BCUT2D eigenvalue weighted by Gasteiger charge is -2.31. The smallest absolute Gasteiger partial charge is 0.223 e. The molecule has 4 heteroatoms. The predicted molar refractivity (Wildman–Crippen MR) is 97.9 cm³/mol. The molecule has 2 rings (SSSR count). The number of amides is 1. The van der Waals surface area contributed by atoms with Crippen molar-refractivity contribution in [2.45, 2.75) is 46.1 Å². The number of carbonyl (C=O) groups is 1. The van der Waals surface area contributed by atoms with Gasteiger partial charge in [0.05, 0.1) is 6.10 Å². The van der Waals surface area contributed by atoms with E-state index in [1.54, 1.807) is 0 Å². The van der Waals surface area contributed by atoms with E-state index in [2.05, 4.69) is 48.3 Å². The number of aliphatic hydroxyl groups excluding tert-OH is 1. The molecule has 0 aromatic heterocycles. The molecule has 1 aromatic rings. The second-order valence-electron chi connectivity index (χ2n) is 7.47. The van der Waals surface area contributed by atoms with E-state index in [4.69, 9.17) is 0 Å². The summed E-state index contributed by atoms with van der Waals surface area (Å²) in [6.07, 6.45) is 2.64. The molecule has 1 saturated heterocycles. The Hall–Kier alpha value is -1.39. The molecular formula is C20H32N2O2. The summed E-state index contributed by atoms with van der Waals surface area (Å²) >= 11 is 0. The number of hydrogen-bond acceptors (Lipinski definition) is 3. The van der Waals surface area contributed by atoms with Crippen molar-refractivity contribution in [1.82, 2.24) is 10.2 Å². The molecule has 134 valence electrons. The molecule has 0 aliphatic carbocycles. The van der Waals surface area contributed by atoms with Crippen molar-refractivity contribution in [3.63, 3.8) is 0 Å². The molecule has 2 N–H and O–H groups in total. The Morgan fingerprint density at radius 2 is 1.92 bits per heavy atom. The van der Waals surface area contributed by atoms with Gasteiger partial charge in [-0.1, -0.05) is 43.7 Å². The third-order valence-electron chi connectivity index (χ3n) is 4.97. The molecule has 0 saturated carbocycles. The summed E-state index contributed by atoms with van der Waals surface area (Å²) in [5.41, 5.74) is 2.40. The second-order valence-corrected chi connectivity index (χ2v) is 7.47. The normalized spacial score (nSPS) is 19.0. The van der Waals surface area contributed by atoms with Gasteiger partial charge in [-0.3, -0.25) is 4.79 Å². The summed E-state index contributed by atoms with van der Waals surface area (Å²) in [6, 6.07) is 8.29. The first-order valence-corrected chi connectivity index (χ1v) is 9.17. The molecule has 2 unspecified atom stereocenters. The SMILES string of the molecule is Cc1ccc(CC(C)C(=O)NCC(O)CN2CCC(C)CC2)cc1. The first-order chi connectivity index (χ1) is 11.4. The summed E-state index contributed by atoms with van der Waals surface area (Å²) in [6.45, 7) is 9.37. The van der Waals surface area contributed by atoms with Gasteiger partial charge in [-0.15, -0.1) is 0 Å². The lowest BCUT2D eigenvalue weighted by molar-refractivity contribution is -0.125. The minimum atomic E-state index is -0.492. The van der Waals surface area contributed by atoms with Crippen molar-refractivity contribution in [2.24, 2.45) is 11.8 Å². The van der Waals surface area contributed by atoms with Crippen LogP contribution in [-0.2, 0) is 11.2 Å². The van der Waals surface area contributed by atoms with Crippen LogP contribution >= 0.6 is 0 Å². The average Bonchev–Trinajstić information content (AvgIpc) is 2.57. The van der Waals surface area contributed by atoms with Crippen LogP contribution in [0.3, 0.4) is 0 Å². The van der Waals surface area contributed by atoms with Gasteiger partial charge < -0.3 is 15.3 Å². The highest BCUT2D eigenvalue weighted by Gasteiger charge is 2.19. The molecule has 1 aliphatic heterocycles. The zero-order valence-corrected chi connectivity index (χ0v) is 15.3. The van der Waals surface area contributed by atoms with Crippen LogP contribution in [0.4, 0.5) is 0 Å². The van der Waals surface area contributed by atoms with E-state index in [-0.39, 0.29) is 11.8 Å². The first kappa shape index (κ1) is 18.9. The van der Waals surface area contributed by atoms with Crippen LogP contribution in [0, 0.1) is 18.8 Å². The van der Waals surface area contributed by atoms with Crippen molar-refractivity contribution >= 4 is 5.91 Å². The van der Waals surface area contributed by atoms with Gasteiger partial charge in [0.1, 0.15) is 0 Å². The molecule has 0 radical (unpaired) electrons. The Bertz CT molecular complexity index is 507. The van der Waals surface area contributed by atoms with E-state index in [1.807, 2.05) is 6.92 Å². The van der Waals surface area contributed by atoms with Gasteiger partial charge in [0.25, 0.3) is 0 Å². The van der Waals surface area contributed by atoms with Gasteiger partial charge in [-0.25, -0.2) is 0 Å². The van der Waals surface area contributed by atoms with Crippen LogP contribution in [0.5, 0.6) is 0 Å². The molecule has 1 heterocycles. The first-order valence-electron chi connectivity index (χ1n) is 9.17. The van der Waals surface area contributed by atoms with Crippen LogP contribution < -0.4 is 5.32 Å². The Morgan fingerprint density at radius 3 is 2.54 bits per heavy atom. The van der Waals surface area contributed by atoms with Gasteiger partial charge in [-0.2, -0.15) is 0 Å². The molecule has 1 aliphatic rings. The van der Waals surface area contributed by atoms with E-state index in [0.717, 1.165) is 25.4 Å². The van der Waals surface area contributed by atoms with Crippen LogP contribution in [0.15, 0.2) is 24.3 Å². The maximum absolute atomic E-state index is 12.2. The van der Waals surface area contributed by atoms with Crippen molar-refractivity contribution in [3.8, 4) is 0 Å². The molecule has 1 fully saturated rings. The van der Waals surface area contributed by atoms with E-state index < -0.39 is 6.10 Å². The molecule has 2 atom stereocenters. The minimum Gasteiger partial charge on any atom is -0.390 e. The van der Waals surface area contributed by atoms with Crippen LogP contribution in [0.2, 0.25) is 0 Å². The average molecular weight is 332 g/mol. The number of nitrogens with zero attached hydrogens (tertiary/aromatic N) is 1. The molecule has 1 amide bonds. The quantitative estimate of drug-likeness (QED) is 0.806. The van der Waals surface area contributed by atoms with E-state index >= 15 is 0 Å². The second kappa shape index (κ2) is 9.19. The molecule has 24 heavy (non-hydrogen) atoms. The van der Waals surface area contributed by atoms with Crippen molar-refractivity contribution in [3.05, 3.63) is 35.4 Å². The monoisotopic (exact) mass is 332 g/mol. The Labute approximate surface area is 146 Å². The Morgan fingerprint density at radius 1 is 1.29 bits per heavy atom. The minimum absolute atomic E-state index is 0.0156. The zero-order chi connectivity index (χ0) is 17.5. The highest BCUT2D eigenvalue weighted by atomic mass is 16.3. The number of benzene rings is 1. The number of β-amino-alcohol motifs (C(OH)–C–C–N with tert-alkyl or cyclic N) is 1. The largest absolute Gasteiger partial charge is 0.390 e. The number of carbonyl (C=O) groups excluding carboxylic acids is 1. The third kappa shape index (κ3) is 6.25. The lowest BCUT2D eigenvalue weighted by atomic mass is 9.99. The fraction of sp³-hybridized carbons (Fsp3) is 0.650. The van der Waals surface area contributed by atoms with Crippen molar-refractivity contribution in [2.75, 3.05) is 26.2 Å². The van der Waals surface area contributed by atoms with Gasteiger partial charge in [0, 0.05) is 19.0 Å². The van der Waals surface area contributed by atoms with Gasteiger partial charge >= 0.3 is 0 Å². The van der Waals surface area contributed by atoms with Crippen molar-refractivity contribution in [1.29, 1.82) is 0 Å². The highest BCUT2D eigenvalue weighted by Crippen LogP contribution is 2.16. The van der Waals surface area contributed by atoms with Crippen molar-refractivity contribution < 1.29 is 9.90 Å². The molecule has 1 aromatic carbocycles. The molecule has 4 nitrogen and oxygen atoms in total. The van der Waals surface area contributed by atoms with Gasteiger partial charge in [0.15, 0.2) is 0 Å². The Balaban J connectivity index is 1.68. The van der Waals surface area contributed by atoms with Crippen LogP contribution in [0.1, 0.15) is 37.8 Å². The Kier molecular flexibility index (Phi) is 7.25. The highest BCUT2D eigenvalue weighted by molar-refractivity contribution is 5.78. The van der Waals surface area contributed by atoms with Crippen LogP contribution in [-0.4, -0.2) is 48.2 Å². The molecule has 0 bridgehead atoms. The third-order valence-corrected chi connectivity index (χ3v) is 4.97. The maximum atomic E-state index is 12.2. The number of likely N-dealkylation sites (tertiary alicyclic amines) is 1. The number of piperidine rings is 1. The standard InChI is InChI=1S/C20H32N2O2/c1-15-4-6-18(7-5-15)12-17(3)20(24)21-13-19(23)14-22-10-8-16(2)9-11-22/h4-7,16-17,19,23H,8-14H2,1-3H3,(H,21,24). The summed E-state index contributed by atoms with van der Waals surface area (Å²) in [4.78, 5) is 14.5. The lowest BCUT2D eigenvalue weighted by Crippen LogP contribution is -2.44. The van der Waals surface area contributed by atoms with E-state index in [1.165, 1.54) is 24.0 Å². The molecular weight excluding hydrogens is 300 g/mol. The topological polar surface area (TPSA) is 52.6 Å². The maximum Gasteiger partial charge on any atom is 0.223 e. The van der Waals surface area contributed by atoms with E-state index in [0.29, 0.717) is 13.1 Å². The summed E-state index contributed by atoms with van der Waals surface area (Å²) < 4.78 is 0. The number of rotatable bonds is 7. The summed E-state index contributed by atoms with van der Waals surface area (Å²) in [7, 11) is 0. The van der Waals surface area contributed by atoms with Gasteiger partial charge in [-0.05, 0) is 50.8 Å². The predicted octanol–water partition coefficient (Wildman–Crippen LogP) is 2.38. The number of nitrogens with one attached hydrogen (secondary N) is 1. The fourth-order valence-electron chi connectivity index (χ4n) is 3.17. The van der Waals surface area contributed by atoms with Gasteiger partial charge in [0.2, 0.25) is 5.91 Å². The number of hydrogen-bond donors (Lipinski definition) is 2. The number of aryl methyl sites for hydroxylation is 1. The summed E-state index contributed by atoms with van der Waals surface area (Å²) in [5.74, 6) is 0.721. The zero-order valence-electron chi connectivity index (χ0n) is 15.3. The van der Waals surface area contributed by atoms with E-state index in [9.17, 15) is 9.90 Å². The van der Waals surface area contributed by atoms with Crippen LogP contribution in [0.25, 0.3) is 0 Å². The summed E-state index contributed by atoms with van der Waals surface area (Å²) in [5, 5.41) is 13.1.